The molecule has 0 aromatic heterocycles. The van der Waals surface area contributed by atoms with Crippen molar-refractivity contribution in [1.82, 2.24) is 5.32 Å². The summed E-state index contributed by atoms with van der Waals surface area (Å²) in [6.45, 7) is 1.83. The molecule has 0 spiro atoms. The summed E-state index contributed by atoms with van der Waals surface area (Å²) in [4.78, 5) is 23.7. The average Bonchev–Trinajstić information content (AvgIpc) is 2.73. The molecule has 0 saturated heterocycles. The van der Waals surface area contributed by atoms with Crippen LogP contribution in [0.5, 0.6) is 5.75 Å². The van der Waals surface area contributed by atoms with E-state index >= 15 is 0 Å². The lowest BCUT2D eigenvalue weighted by Gasteiger charge is -2.16. The molecular weight excluding hydrogens is 375 g/mol. The number of carbonyl (C=O) groups excluding carboxylic acids is 1. The van der Waals surface area contributed by atoms with E-state index < -0.39 is 16.9 Å². The van der Waals surface area contributed by atoms with Gasteiger partial charge < -0.3 is 10.1 Å². The largest absolute Gasteiger partial charge is 0.481 e. The number of hydrogen-bond donors (Lipinski definition) is 1. The first-order valence-electron chi connectivity index (χ1n) is 8.96. The topological polar surface area (TPSA) is 81.5 Å². The highest BCUT2D eigenvalue weighted by atomic mass is 19.1. The molecule has 0 saturated carbocycles. The quantitative estimate of drug-likeness (QED) is 0.461. The predicted molar refractivity (Wildman–Crippen MR) is 106 cm³/mol. The number of rotatable bonds is 7. The van der Waals surface area contributed by atoms with Gasteiger partial charge in [0.2, 0.25) is 5.75 Å². The maximum absolute atomic E-state index is 13.1. The van der Waals surface area contributed by atoms with Gasteiger partial charge in [-0.05, 0) is 36.2 Å². The molecule has 1 amide bonds. The van der Waals surface area contributed by atoms with Crippen LogP contribution in [0.4, 0.5) is 10.1 Å². The maximum atomic E-state index is 13.1. The number of hydrogen-bond acceptors (Lipinski definition) is 4. The fourth-order valence-corrected chi connectivity index (χ4v) is 2.84. The van der Waals surface area contributed by atoms with Crippen LogP contribution in [0.15, 0.2) is 72.8 Å². The molecule has 0 radical (unpaired) electrons. The van der Waals surface area contributed by atoms with Crippen molar-refractivity contribution in [2.75, 3.05) is 0 Å². The molecule has 0 bridgehead atoms. The van der Waals surface area contributed by atoms with Crippen molar-refractivity contribution in [3.63, 3.8) is 0 Å². The summed E-state index contributed by atoms with van der Waals surface area (Å²) in [5.74, 6) is -0.985. The number of nitrogens with zero attached hydrogens (tertiary/aromatic N) is 1. The second-order valence-corrected chi connectivity index (χ2v) is 6.43. The summed E-state index contributed by atoms with van der Waals surface area (Å²) in [6, 6.07) is 18.7. The Balaban J connectivity index is 1.85. The van der Waals surface area contributed by atoms with E-state index in [4.69, 9.17) is 4.74 Å². The monoisotopic (exact) mass is 394 g/mol. The Hall–Kier alpha value is -3.74. The normalized spacial score (nSPS) is 11.5. The molecule has 0 aliphatic heterocycles. The van der Waals surface area contributed by atoms with Gasteiger partial charge in [0.1, 0.15) is 12.4 Å². The SMILES string of the molecule is CC(NC(=O)c1cccc([N+](=O)[O-])c1OCc1ccccc1)c1ccc(F)cc1. The molecule has 0 heterocycles. The van der Waals surface area contributed by atoms with E-state index in [1.165, 1.54) is 30.3 Å². The molecular formula is C22H19FN2O4. The molecule has 1 atom stereocenters. The third-order valence-electron chi connectivity index (χ3n) is 4.38. The van der Waals surface area contributed by atoms with Gasteiger partial charge in [-0.1, -0.05) is 48.5 Å². The molecule has 6 nitrogen and oxygen atoms in total. The Morgan fingerprint density at radius 2 is 1.76 bits per heavy atom. The molecule has 0 aliphatic rings. The van der Waals surface area contributed by atoms with Crippen molar-refractivity contribution in [2.24, 2.45) is 0 Å². The molecule has 7 heteroatoms. The summed E-state index contributed by atoms with van der Waals surface area (Å²) in [5.41, 5.74) is 1.29. The van der Waals surface area contributed by atoms with Crippen LogP contribution in [0.25, 0.3) is 0 Å². The van der Waals surface area contributed by atoms with Crippen LogP contribution in [0.1, 0.15) is 34.5 Å². The van der Waals surface area contributed by atoms with Crippen molar-refractivity contribution in [2.45, 2.75) is 19.6 Å². The zero-order valence-corrected chi connectivity index (χ0v) is 15.7. The molecule has 29 heavy (non-hydrogen) atoms. The number of amides is 1. The number of nitrogens with one attached hydrogen (secondary N) is 1. The Kier molecular flexibility index (Phi) is 6.19. The lowest BCUT2D eigenvalue weighted by molar-refractivity contribution is -0.386. The van der Waals surface area contributed by atoms with Gasteiger partial charge in [0.15, 0.2) is 0 Å². The molecule has 0 fully saturated rings. The summed E-state index contributed by atoms with van der Waals surface area (Å²) >= 11 is 0. The number of ether oxygens (including phenoxy) is 1. The van der Waals surface area contributed by atoms with E-state index in [-0.39, 0.29) is 29.4 Å². The Morgan fingerprint density at radius 3 is 2.41 bits per heavy atom. The first-order chi connectivity index (χ1) is 14.0. The van der Waals surface area contributed by atoms with E-state index in [0.717, 1.165) is 5.56 Å². The third kappa shape index (κ3) is 4.95. The van der Waals surface area contributed by atoms with Crippen LogP contribution in [0.3, 0.4) is 0 Å². The minimum absolute atomic E-state index is 0.0593. The van der Waals surface area contributed by atoms with Gasteiger partial charge in [-0.15, -0.1) is 0 Å². The predicted octanol–water partition coefficient (Wildman–Crippen LogP) is 4.80. The van der Waals surface area contributed by atoms with Gasteiger partial charge in [-0.2, -0.15) is 0 Å². The van der Waals surface area contributed by atoms with E-state index in [0.29, 0.717) is 5.56 Å². The molecule has 3 aromatic carbocycles. The zero-order chi connectivity index (χ0) is 20.8. The summed E-state index contributed by atoms with van der Waals surface area (Å²) in [5, 5.41) is 14.2. The van der Waals surface area contributed by atoms with Gasteiger partial charge in [0.05, 0.1) is 16.5 Å². The number of para-hydroxylation sites is 1. The molecule has 0 aliphatic carbocycles. The van der Waals surface area contributed by atoms with Crippen molar-refractivity contribution >= 4 is 11.6 Å². The zero-order valence-electron chi connectivity index (χ0n) is 15.7. The van der Waals surface area contributed by atoms with E-state index in [9.17, 15) is 19.3 Å². The van der Waals surface area contributed by atoms with Gasteiger partial charge in [0.25, 0.3) is 5.91 Å². The number of carbonyl (C=O) groups is 1. The molecule has 3 rings (SSSR count). The van der Waals surface area contributed by atoms with Crippen molar-refractivity contribution in [1.29, 1.82) is 0 Å². The van der Waals surface area contributed by atoms with Crippen LogP contribution < -0.4 is 10.1 Å². The first kappa shape index (κ1) is 20.0. The fraction of sp³-hybridized carbons (Fsp3) is 0.136. The lowest BCUT2D eigenvalue weighted by Crippen LogP contribution is -2.27. The van der Waals surface area contributed by atoms with Gasteiger partial charge in [-0.25, -0.2) is 4.39 Å². The Labute approximate surface area is 167 Å². The number of halogens is 1. The van der Waals surface area contributed by atoms with Crippen molar-refractivity contribution < 1.29 is 18.8 Å². The number of nitro groups is 1. The minimum atomic E-state index is -0.583. The maximum Gasteiger partial charge on any atom is 0.311 e. The van der Waals surface area contributed by atoms with Gasteiger partial charge in [-0.3, -0.25) is 14.9 Å². The van der Waals surface area contributed by atoms with Gasteiger partial charge in [0, 0.05) is 6.07 Å². The number of benzene rings is 3. The Bertz CT molecular complexity index is 1010. The highest BCUT2D eigenvalue weighted by molar-refractivity contribution is 5.98. The molecule has 148 valence electrons. The van der Waals surface area contributed by atoms with E-state index in [1.807, 2.05) is 30.3 Å². The first-order valence-corrected chi connectivity index (χ1v) is 8.96. The lowest BCUT2D eigenvalue weighted by atomic mass is 10.1. The standard InChI is InChI=1S/C22H19FN2O4/c1-15(17-10-12-18(23)13-11-17)24-22(26)19-8-5-9-20(25(27)28)21(19)29-14-16-6-3-2-4-7-16/h2-13,15H,14H2,1H3,(H,24,26). The number of nitro benzene ring substituents is 1. The van der Waals surface area contributed by atoms with Crippen LogP contribution >= 0.6 is 0 Å². The second kappa shape index (κ2) is 8.97. The third-order valence-corrected chi connectivity index (χ3v) is 4.38. The van der Waals surface area contributed by atoms with Crippen LogP contribution in [0.2, 0.25) is 0 Å². The van der Waals surface area contributed by atoms with Crippen molar-refractivity contribution in [3.8, 4) is 5.75 Å². The molecule has 3 aromatic rings. The van der Waals surface area contributed by atoms with Crippen molar-refractivity contribution in [3.05, 3.63) is 105 Å². The average molecular weight is 394 g/mol. The minimum Gasteiger partial charge on any atom is -0.481 e. The van der Waals surface area contributed by atoms with E-state index in [1.54, 1.807) is 19.1 Å². The smallest absolute Gasteiger partial charge is 0.311 e. The van der Waals surface area contributed by atoms with Crippen LogP contribution in [-0.2, 0) is 6.61 Å². The highest BCUT2D eigenvalue weighted by Crippen LogP contribution is 2.32. The summed E-state index contributed by atoms with van der Waals surface area (Å²) < 4.78 is 18.8. The van der Waals surface area contributed by atoms with Crippen LogP contribution in [0, 0.1) is 15.9 Å². The van der Waals surface area contributed by atoms with Gasteiger partial charge >= 0.3 is 5.69 Å². The van der Waals surface area contributed by atoms with Crippen LogP contribution in [-0.4, -0.2) is 10.8 Å². The summed E-state index contributed by atoms with van der Waals surface area (Å²) in [6.07, 6.45) is 0. The highest BCUT2D eigenvalue weighted by Gasteiger charge is 2.24. The summed E-state index contributed by atoms with van der Waals surface area (Å²) in [7, 11) is 0. The fourth-order valence-electron chi connectivity index (χ4n) is 2.84. The molecule has 1 N–H and O–H groups in total. The van der Waals surface area contributed by atoms with E-state index in [2.05, 4.69) is 5.32 Å². The molecule has 1 unspecified atom stereocenters. The second-order valence-electron chi connectivity index (χ2n) is 6.43. The Morgan fingerprint density at radius 1 is 1.07 bits per heavy atom.